The number of halogens is 7. The Balaban J connectivity index is 2.28. The summed E-state index contributed by atoms with van der Waals surface area (Å²) < 4.78 is 91.3. The Morgan fingerprint density at radius 3 is 2.21 bits per heavy atom. The molecule has 0 saturated heterocycles. The van der Waals surface area contributed by atoms with Crippen molar-refractivity contribution in [3.8, 4) is 0 Å². The highest BCUT2D eigenvalue weighted by Crippen LogP contribution is 2.48. The zero-order valence-corrected chi connectivity index (χ0v) is 11.7. The number of carbonyl (C=O) groups excluding carboxylic acids is 2. The monoisotopic (exact) mass is 358 g/mol. The largest absolute Gasteiger partial charge is 0.476 e. The number of alkyl halides is 7. The van der Waals surface area contributed by atoms with Crippen molar-refractivity contribution in [3.63, 3.8) is 0 Å². The molecule has 0 aromatic heterocycles. The van der Waals surface area contributed by atoms with Gasteiger partial charge >= 0.3 is 24.2 Å². The van der Waals surface area contributed by atoms with Crippen LogP contribution in [0.4, 0.5) is 30.7 Å². The number of carbonyl (C=O) groups is 2. The van der Waals surface area contributed by atoms with Gasteiger partial charge in [0.2, 0.25) is 0 Å². The third-order valence-electron chi connectivity index (χ3n) is 3.53. The molecular formula is C14H9F7O3. The molecule has 1 aromatic rings. The average Bonchev–Trinajstić information content (AvgIpc) is 2.46. The zero-order valence-electron chi connectivity index (χ0n) is 11.7. The highest BCUT2D eigenvalue weighted by molar-refractivity contribution is 6.01. The molecule has 0 N–H and O–H groups in total. The van der Waals surface area contributed by atoms with E-state index in [0.717, 1.165) is 0 Å². The number of ether oxygens (including phenoxy) is 1. The van der Waals surface area contributed by atoms with E-state index >= 15 is 0 Å². The van der Waals surface area contributed by atoms with Crippen molar-refractivity contribution in [2.24, 2.45) is 0 Å². The average molecular weight is 358 g/mol. The van der Waals surface area contributed by atoms with E-state index in [4.69, 9.17) is 0 Å². The van der Waals surface area contributed by atoms with Crippen LogP contribution >= 0.6 is 0 Å². The zero-order chi connectivity index (χ0) is 18.3. The minimum atomic E-state index is -6.60. The molecule has 1 atom stereocenters. The first-order valence-electron chi connectivity index (χ1n) is 6.56. The van der Waals surface area contributed by atoms with Crippen LogP contribution in [0.25, 0.3) is 0 Å². The molecule has 1 aliphatic carbocycles. The summed E-state index contributed by atoms with van der Waals surface area (Å²) in [6, 6.07) is 5.30. The summed E-state index contributed by atoms with van der Waals surface area (Å²) in [5, 5.41) is 0. The van der Waals surface area contributed by atoms with Gasteiger partial charge < -0.3 is 4.74 Å². The van der Waals surface area contributed by atoms with Crippen LogP contribution < -0.4 is 0 Å². The number of fused-ring (bicyclic) bond motifs is 1. The Bertz CT molecular complexity index is 667. The fraction of sp³-hybridized carbons (Fsp3) is 0.429. The van der Waals surface area contributed by atoms with Crippen LogP contribution in [0.2, 0.25) is 0 Å². The minimum Gasteiger partial charge on any atom is -0.395 e. The molecule has 0 amide bonds. The molecule has 10 heteroatoms. The van der Waals surface area contributed by atoms with Crippen LogP contribution in [0.5, 0.6) is 0 Å². The van der Waals surface area contributed by atoms with Crippen molar-refractivity contribution in [2.75, 3.05) is 0 Å². The quantitative estimate of drug-likeness (QED) is 0.604. The van der Waals surface area contributed by atoms with Crippen molar-refractivity contribution >= 4 is 11.8 Å². The van der Waals surface area contributed by atoms with Gasteiger partial charge in [0.1, 0.15) is 0 Å². The number of hydrogen-bond donors (Lipinski definition) is 0. The van der Waals surface area contributed by atoms with Gasteiger partial charge in [-0.05, 0) is 12.0 Å². The standard InChI is InChI=1S/C14H9F7O3/c15-12(16,13(17,18)19)14(20,21)24-11(23)9-5-6-10(22)8-4-2-1-3-7(8)9/h1-4,9H,5-6H2. The van der Waals surface area contributed by atoms with Crippen molar-refractivity contribution in [2.45, 2.75) is 37.0 Å². The molecule has 1 unspecified atom stereocenters. The van der Waals surface area contributed by atoms with Gasteiger partial charge in [-0.1, -0.05) is 24.3 Å². The van der Waals surface area contributed by atoms with E-state index in [2.05, 4.69) is 4.74 Å². The second-order valence-electron chi connectivity index (χ2n) is 5.11. The summed E-state index contributed by atoms with van der Waals surface area (Å²) in [7, 11) is 0. The first kappa shape index (κ1) is 18.2. The van der Waals surface area contributed by atoms with Crippen LogP contribution in [-0.4, -0.2) is 30.0 Å². The fourth-order valence-corrected chi connectivity index (χ4v) is 2.29. The van der Waals surface area contributed by atoms with E-state index in [1.165, 1.54) is 24.3 Å². The van der Waals surface area contributed by atoms with E-state index < -0.39 is 35.9 Å². The lowest BCUT2D eigenvalue weighted by molar-refractivity contribution is -0.412. The molecule has 0 spiro atoms. The maximum absolute atomic E-state index is 13.2. The number of rotatable bonds is 3. The molecule has 2 rings (SSSR count). The molecule has 132 valence electrons. The van der Waals surface area contributed by atoms with Gasteiger partial charge in [-0.3, -0.25) is 9.59 Å². The maximum Gasteiger partial charge on any atom is 0.476 e. The van der Waals surface area contributed by atoms with Gasteiger partial charge in [0.05, 0.1) is 5.92 Å². The third kappa shape index (κ3) is 2.96. The van der Waals surface area contributed by atoms with Gasteiger partial charge in [-0.25, -0.2) is 0 Å². The van der Waals surface area contributed by atoms with Crippen LogP contribution in [0.1, 0.15) is 34.7 Å². The van der Waals surface area contributed by atoms with E-state index in [1.807, 2.05) is 0 Å². The van der Waals surface area contributed by atoms with Gasteiger partial charge in [-0.15, -0.1) is 0 Å². The van der Waals surface area contributed by atoms with Crippen LogP contribution in [-0.2, 0) is 9.53 Å². The topological polar surface area (TPSA) is 43.4 Å². The molecule has 0 heterocycles. The predicted molar refractivity (Wildman–Crippen MR) is 64.8 cm³/mol. The van der Waals surface area contributed by atoms with Crippen molar-refractivity contribution in [1.82, 2.24) is 0 Å². The third-order valence-corrected chi connectivity index (χ3v) is 3.53. The normalized spacial score (nSPS) is 19.0. The first-order valence-corrected chi connectivity index (χ1v) is 6.56. The van der Waals surface area contributed by atoms with Crippen LogP contribution in [0, 0.1) is 0 Å². The van der Waals surface area contributed by atoms with E-state index in [-0.39, 0.29) is 24.0 Å². The van der Waals surface area contributed by atoms with Gasteiger partial charge in [0, 0.05) is 12.0 Å². The van der Waals surface area contributed by atoms with Gasteiger partial charge in [0.15, 0.2) is 5.78 Å². The Labute approximate surface area is 130 Å². The molecule has 0 radical (unpaired) electrons. The molecule has 3 nitrogen and oxygen atoms in total. The molecule has 0 aliphatic heterocycles. The van der Waals surface area contributed by atoms with E-state index in [0.29, 0.717) is 0 Å². The van der Waals surface area contributed by atoms with E-state index in [1.54, 1.807) is 0 Å². The number of ketones is 1. The smallest absolute Gasteiger partial charge is 0.395 e. The van der Waals surface area contributed by atoms with Crippen molar-refractivity contribution in [1.29, 1.82) is 0 Å². The SMILES string of the molecule is O=C1CCC(C(=O)OC(F)(F)C(F)(F)C(F)(F)F)c2ccccc21. The number of benzene rings is 1. The van der Waals surface area contributed by atoms with Crippen LogP contribution in [0.15, 0.2) is 24.3 Å². The highest BCUT2D eigenvalue weighted by Gasteiger charge is 2.76. The Kier molecular flexibility index (Phi) is 4.36. The van der Waals surface area contributed by atoms with E-state index in [9.17, 15) is 40.3 Å². The minimum absolute atomic E-state index is 0.0107. The molecular weight excluding hydrogens is 349 g/mol. The number of esters is 1. The van der Waals surface area contributed by atoms with Crippen LogP contribution in [0.3, 0.4) is 0 Å². The summed E-state index contributed by atoms with van der Waals surface area (Å²) in [4.78, 5) is 23.4. The fourth-order valence-electron chi connectivity index (χ4n) is 2.29. The predicted octanol–water partition coefficient (Wildman–Crippen LogP) is 4.08. The molecule has 24 heavy (non-hydrogen) atoms. The summed E-state index contributed by atoms with van der Waals surface area (Å²) in [5.74, 6) is -10.4. The van der Waals surface area contributed by atoms with Gasteiger partial charge in [0.25, 0.3) is 0 Å². The number of hydrogen-bond acceptors (Lipinski definition) is 3. The lowest BCUT2D eigenvalue weighted by Gasteiger charge is -2.29. The second-order valence-corrected chi connectivity index (χ2v) is 5.11. The molecule has 0 bridgehead atoms. The first-order chi connectivity index (χ1) is 10.9. The summed E-state index contributed by atoms with van der Waals surface area (Å²) >= 11 is 0. The summed E-state index contributed by atoms with van der Waals surface area (Å²) in [6.45, 7) is 0. The van der Waals surface area contributed by atoms with Crippen molar-refractivity contribution in [3.05, 3.63) is 35.4 Å². The van der Waals surface area contributed by atoms with Crippen molar-refractivity contribution < 1.29 is 45.1 Å². The highest BCUT2D eigenvalue weighted by atomic mass is 19.4. The Hall–Kier alpha value is -2.13. The Morgan fingerprint density at radius 2 is 1.62 bits per heavy atom. The summed E-state index contributed by atoms with van der Waals surface area (Å²) in [6.07, 6.45) is -13.3. The molecule has 1 aliphatic rings. The molecule has 1 aromatic carbocycles. The maximum atomic E-state index is 13.2. The summed E-state index contributed by atoms with van der Waals surface area (Å²) in [5.41, 5.74) is -0.0403. The Morgan fingerprint density at radius 1 is 1.04 bits per heavy atom. The molecule has 0 saturated carbocycles. The molecule has 0 fully saturated rings. The second kappa shape index (κ2) is 5.75. The number of Topliss-reactive ketones (excluding diaryl/α,β-unsaturated/α-hetero) is 1. The lowest BCUT2D eigenvalue weighted by atomic mass is 9.82. The lowest BCUT2D eigenvalue weighted by Crippen LogP contribution is -2.54. The van der Waals surface area contributed by atoms with Gasteiger partial charge in [-0.2, -0.15) is 30.7 Å².